The average Bonchev–Trinajstić information content (AvgIpc) is 1.93. The van der Waals surface area contributed by atoms with Gasteiger partial charge in [-0.1, -0.05) is 45.5 Å². The lowest BCUT2D eigenvalue weighted by Gasteiger charge is -2.02. The van der Waals surface area contributed by atoms with Crippen LogP contribution in [0.2, 0.25) is 19.6 Å². The normalized spacial score (nSPS) is 11.8. The third-order valence-electron chi connectivity index (χ3n) is 1.56. The molecule has 0 amide bonds. The highest BCUT2D eigenvalue weighted by atomic mass is 28.3. The first-order valence-electron chi connectivity index (χ1n) is 5.09. The Labute approximate surface area is 84.4 Å². The van der Waals surface area contributed by atoms with Crippen LogP contribution in [-0.4, -0.2) is 8.07 Å². The summed E-state index contributed by atoms with van der Waals surface area (Å²) in [6, 6.07) is 0. The molecule has 0 aromatic carbocycles. The SMILES string of the molecule is CC(C)CC/C=C\C#C[Si](C)(C)C. The van der Waals surface area contributed by atoms with Gasteiger partial charge in [0, 0.05) is 0 Å². The number of allylic oxidation sites excluding steroid dienone is 2. The molecule has 0 nitrogen and oxygen atoms in total. The molecule has 0 aromatic rings. The van der Waals surface area contributed by atoms with E-state index in [-0.39, 0.29) is 0 Å². The Morgan fingerprint density at radius 1 is 1.23 bits per heavy atom. The van der Waals surface area contributed by atoms with E-state index in [1.807, 2.05) is 6.08 Å². The van der Waals surface area contributed by atoms with Gasteiger partial charge in [0.25, 0.3) is 0 Å². The highest BCUT2D eigenvalue weighted by Gasteiger charge is 2.06. The van der Waals surface area contributed by atoms with Gasteiger partial charge < -0.3 is 0 Å². The van der Waals surface area contributed by atoms with Crippen LogP contribution in [0.25, 0.3) is 0 Å². The summed E-state index contributed by atoms with van der Waals surface area (Å²) in [5.41, 5.74) is 3.31. The maximum Gasteiger partial charge on any atom is 0.129 e. The van der Waals surface area contributed by atoms with Crippen molar-refractivity contribution in [2.75, 3.05) is 0 Å². The van der Waals surface area contributed by atoms with Gasteiger partial charge in [-0.05, 0) is 24.8 Å². The molecule has 0 spiro atoms. The Morgan fingerprint density at radius 3 is 2.31 bits per heavy atom. The van der Waals surface area contributed by atoms with Gasteiger partial charge in [-0.15, -0.1) is 5.54 Å². The molecule has 0 N–H and O–H groups in total. The van der Waals surface area contributed by atoms with Crippen molar-refractivity contribution in [3.63, 3.8) is 0 Å². The van der Waals surface area contributed by atoms with Crippen LogP contribution in [0.5, 0.6) is 0 Å². The molecule has 0 aliphatic heterocycles. The Hall–Kier alpha value is -0.483. The summed E-state index contributed by atoms with van der Waals surface area (Å²) in [6.45, 7) is 11.3. The van der Waals surface area contributed by atoms with Crippen molar-refractivity contribution in [2.24, 2.45) is 5.92 Å². The first-order valence-corrected chi connectivity index (χ1v) is 8.59. The second-order valence-corrected chi connectivity index (χ2v) is 9.64. The van der Waals surface area contributed by atoms with Gasteiger partial charge in [0.2, 0.25) is 0 Å². The zero-order valence-electron chi connectivity index (χ0n) is 9.65. The molecule has 74 valence electrons. The van der Waals surface area contributed by atoms with Crippen LogP contribution in [0, 0.1) is 17.4 Å². The summed E-state index contributed by atoms with van der Waals surface area (Å²) in [6.07, 6.45) is 6.64. The molecule has 0 fully saturated rings. The van der Waals surface area contributed by atoms with Crippen LogP contribution < -0.4 is 0 Å². The molecule has 13 heavy (non-hydrogen) atoms. The van der Waals surface area contributed by atoms with Crippen molar-refractivity contribution in [1.82, 2.24) is 0 Å². The Bertz CT molecular complexity index is 208. The van der Waals surface area contributed by atoms with Crippen molar-refractivity contribution in [2.45, 2.75) is 46.3 Å². The fourth-order valence-electron chi connectivity index (χ4n) is 0.830. The maximum atomic E-state index is 3.31. The van der Waals surface area contributed by atoms with Crippen LogP contribution in [0.4, 0.5) is 0 Å². The average molecular weight is 194 g/mol. The minimum absolute atomic E-state index is 0.801. The van der Waals surface area contributed by atoms with Crippen molar-refractivity contribution < 1.29 is 0 Å². The summed E-state index contributed by atoms with van der Waals surface area (Å²) in [5, 5.41) is 0. The van der Waals surface area contributed by atoms with Crippen LogP contribution >= 0.6 is 0 Å². The van der Waals surface area contributed by atoms with Crippen LogP contribution in [0.3, 0.4) is 0 Å². The number of hydrogen-bond acceptors (Lipinski definition) is 0. The van der Waals surface area contributed by atoms with E-state index in [2.05, 4.69) is 51.0 Å². The molecule has 1 heteroatoms. The summed E-state index contributed by atoms with van der Waals surface area (Å²) in [4.78, 5) is 0. The van der Waals surface area contributed by atoms with Gasteiger partial charge in [-0.25, -0.2) is 0 Å². The van der Waals surface area contributed by atoms with E-state index in [4.69, 9.17) is 0 Å². The van der Waals surface area contributed by atoms with Crippen molar-refractivity contribution in [1.29, 1.82) is 0 Å². The largest absolute Gasteiger partial charge is 0.129 e. The standard InChI is InChI=1S/C12H22Si/c1-12(2)10-8-6-7-9-11-13(3,4)5/h6-7,12H,8,10H2,1-5H3/b7-6-. The molecule has 0 saturated carbocycles. The zero-order valence-corrected chi connectivity index (χ0v) is 10.6. The van der Waals surface area contributed by atoms with Gasteiger partial charge in [0.05, 0.1) is 0 Å². The minimum atomic E-state index is -1.15. The molecule has 0 rings (SSSR count). The van der Waals surface area contributed by atoms with Gasteiger partial charge in [0.1, 0.15) is 8.07 Å². The third kappa shape index (κ3) is 11.5. The summed E-state index contributed by atoms with van der Waals surface area (Å²) >= 11 is 0. The second kappa shape index (κ2) is 6.04. The Balaban J connectivity index is 3.68. The predicted octanol–water partition coefficient (Wildman–Crippen LogP) is 3.86. The van der Waals surface area contributed by atoms with Crippen molar-refractivity contribution >= 4 is 8.07 Å². The third-order valence-corrected chi connectivity index (χ3v) is 2.45. The first kappa shape index (κ1) is 12.5. The molecule has 0 aliphatic rings. The van der Waals surface area contributed by atoms with Crippen molar-refractivity contribution in [3.05, 3.63) is 12.2 Å². The van der Waals surface area contributed by atoms with E-state index in [0.29, 0.717) is 0 Å². The van der Waals surface area contributed by atoms with Gasteiger partial charge in [0.15, 0.2) is 0 Å². The smallest absolute Gasteiger partial charge is 0.127 e. The van der Waals surface area contributed by atoms with Crippen LogP contribution in [0.1, 0.15) is 26.7 Å². The first-order chi connectivity index (χ1) is 5.92. The second-order valence-electron chi connectivity index (χ2n) is 4.89. The molecule has 0 aliphatic carbocycles. The lowest BCUT2D eigenvalue weighted by atomic mass is 10.1. The minimum Gasteiger partial charge on any atom is -0.127 e. The molecule has 0 bridgehead atoms. The van der Waals surface area contributed by atoms with E-state index >= 15 is 0 Å². The zero-order chi connectivity index (χ0) is 10.3. The lowest BCUT2D eigenvalue weighted by molar-refractivity contribution is 0.594. The van der Waals surface area contributed by atoms with E-state index in [9.17, 15) is 0 Å². The van der Waals surface area contributed by atoms with Gasteiger partial charge in [-0.3, -0.25) is 0 Å². The van der Waals surface area contributed by atoms with Crippen LogP contribution in [-0.2, 0) is 0 Å². The predicted molar refractivity (Wildman–Crippen MR) is 64.3 cm³/mol. The molecule has 0 radical (unpaired) electrons. The monoisotopic (exact) mass is 194 g/mol. The molecule has 0 aromatic heterocycles. The molecule has 0 atom stereocenters. The fraction of sp³-hybridized carbons (Fsp3) is 0.667. The van der Waals surface area contributed by atoms with Crippen molar-refractivity contribution in [3.8, 4) is 11.5 Å². The summed E-state index contributed by atoms with van der Waals surface area (Å²) in [7, 11) is -1.15. The van der Waals surface area contributed by atoms with E-state index < -0.39 is 8.07 Å². The van der Waals surface area contributed by atoms with Gasteiger partial charge in [-0.2, -0.15) is 0 Å². The maximum absolute atomic E-state index is 3.31. The highest BCUT2D eigenvalue weighted by Crippen LogP contribution is 2.03. The Morgan fingerprint density at radius 2 is 1.85 bits per heavy atom. The fourth-order valence-corrected chi connectivity index (χ4v) is 1.35. The molecule has 0 heterocycles. The number of rotatable bonds is 3. The number of hydrogen-bond donors (Lipinski definition) is 0. The molecular formula is C12H22Si. The highest BCUT2D eigenvalue weighted by molar-refractivity contribution is 6.83. The lowest BCUT2D eigenvalue weighted by Crippen LogP contribution is -2.16. The Kier molecular flexibility index (Phi) is 5.82. The molecule has 0 saturated heterocycles. The van der Waals surface area contributed by atoms with Gasteiger partial charge >= 0.3 is 0 Å². The summed E-state index contributed by atoms with van der Waals surface area (Å²) in [5.74, 6) is 3.93. The summed E-state index contributed by atoms with van der Waals surface area (Å²) < 4.78 is 0. The van der Waals surface area contributed by atoms with E-state index in [0.717, 1.165) is 12.3 Å². The van der Waals surface area contributed by atoms with E-state index in [1.165, 1.54) is 6.42 Å². The van der Waals surface area contributed by atoms with Crippen LogP contribution in [0.15, 0.2) is 12.2 Å². The molecule has 0 unspecified atom stereocenters. The topological polar surface area (TPSA) is 0 Å². The quantitative estimate of drug-likeness (QED) is 0.473. The van der Waals surface area contributed by atoms with E-state index in [1.54, 1.807) is 0 Å². The molecular weight excluding hydrogens is 172 g/mol.